The second-order valence-corrected chi connectivity index (χ2v) is 7.73. The van der Waals surface area contributed by atoms with Crippen molar-refractivity contribution in [1.82, 2.24) is 5.32 Å². The highest BCUT2D eigenvalue weighted by Gasteiger charge is 2.38. The van der Waals surface area contributed by atoms with E-state index in [2.05, 4.69) is 31.5 Å². The molecule has 0 spiro atoms. The van der Waals surface area contributed by atoms with E-state index in [-0.39, 0.29) is 11.7 Å². The van der Waals surface area contributed by atoms with Gasteiger partial charge in [0.1, 0.15) is 0 Å². The molecule has 2 aromatic rings. The van der Waals surface area contributed by atoms with Crippen LogP contribution in [0.5, 0.6) is 0 Å². The second kappa shape index (κ2) is 13.4. The molecule has 0 atom stereocenters. The lowest BCUT2D eigenvalue weighted by atomic mass is 10.2. The molecule has 1 aromatic heterocycles. The first-order valence-electron chi connectivity index (χ1n) is 9.45. The molecule has 9 nitrogen and oxygen atoms in total. The minimum Gasteiger partial charge on any atom is -0.475 e. The van der Waals surface area contributed by atoms with Crippen molar-refractivity contribution < 1.29 is 55.4 Å². The average molecular weight is 613 g/mol. The largest absolute Gasteiger partial charge is 0.490 e. The molecule has 1 amide bonds. The van der Waals surface area contributed by atoms with Gasteiger partial charge in [-0.25, -0.2) is 9.59 Å². The Hall–Kier alpha value is -2.98. The number of para-hydroxylation sites is 1. The number of benzene rings is 1. The van der Waals surface area contributed by atoms with Crippen LogP contribution in [-0.2, 0) is 9.59 Å². The first kappa shape index (κ1) is 31.1. The van der Waals surface area contributed by atoms with E-state index in [0.717, 1.165) is 31.9 Å². The summed E-state index contributed by atoms with van der Waals surface area (Å²) in [6, 6.07) is 8.80. The van der Waals surface area contributed by atoms with Crippen LogP contribution in [0, 0.1) is 0 Å². The van der Waals surface area contributed by atoms with Crippen molar-refractivity contribution in [2.75, 3.05) is 36.4 Å². The standard InChI is InChI=1S/C15H15BrClN3O2.2C2HF3O2/c16-13-5-4-12(22-13)15(21)19-11-3-1-2-10(17)14(11)20-8-6-18-7-9-20;2*3-2(4,5)1(6)7/h1-5,18H,6-9H2,(H,19,21);2*(H,6,7). The van der Waals surface area contributed by atoms with Gasteiger partial charge < -0.3 is 30.2 Å². The zero-order valence-electron chi connectivity index (χ0n) is 17.7. The number of hydrogen-bond acceptors (Lipinski definition) is 6. The number of nitrogens with zero attached hydrogens (tertiary/aromatic N) is 1. The number of nitrogens with one attached hydrogen (secondary N) is 2. The van der Waals surface area contributed by atoms with Crippen LogP contribution in [0.1, 0.15) is 10.6 Å². The predicted molar refractivity (Wildman–Crippen MR) is 118 cm³/mol. The fourth-order valence-corrected chi connectivity index (χ4v) is 3.05. The lowest BCUT2D eigenvalue weighted by Crippen LogP contribution is -2.44. The Balaban J connectivity index is 0.000000383. The number of carboxylic acid groups (broad SMARTS) is 2. The molecule has 1 aliphatic heterocycles. The summed E-state index contributed by atoms with van der Waals surface area (Å²) in [7, 11) is 0. The van der Waals surface area contributed by atoms with Gasteiger partial charge in [-0.3, -0.25) is 4.79 Å². The Morgan fingerprint density at radius 3 is 1.89 bits per heavy atom. The Bertz CT molecular complexity index is 1030. The van der Waals surface area contributed by atoms with E-state index in [1.54, 1.807) is 12.1 Å². The highest BCUT2D eigenvalue weighted by Crippen LogP contribution is 2.34. The van der Waals surface area contributed by atoms with E-state index in [1.807, 2.05) is 18.2 Å². The molecule has 17 heteroatoms. The van der Waals surface area contributed by atoms with Crippen molar-refractivity contribution in [1.29, 1.82) is 0 Å². The van der Waals surface area contributed by atoms with Gasteiger partial charge in [-0.05, 0) is 40.2 Å². The van der Waals surface area contributed by atoms with Crippen molar-refractivity contribution in [3.63, 3.8) is 0 Å². The second-order valence-electron chi connectivity index (χ2n) is 6.54. The van der Waals surface area contributed by atoms with Crippen LogP contribution >= 0.6 is 27.5 Å². The van der Waals surface area contributed by atoms with E-state index < -0.39 is 24.3 Å². The number of halogens is 8. The van der Waals surface area contributed by atoms with Crippen LogP contribution in [0.2, 0.25) is 5.02 Å². The van der Waals surface area contributed by atoms with E-state index in [0.29, 0.717) is 15.4 Å². The SMILES string of the molecule is O=C(Nc1cccc(Cl)c1N1CCNCC1)c1ccc(Br)o1.O=C(O)C(F)(F)F.O=C(O)C(F)(F)F. The van der Waals surface area contributed by atoms with Crippen molar-refractivity contribution >= 4 is 56.8 Å². The molecule has 0 radical (unpaired) electrons. The Morgan fingerprint density at radius 2 is 1.47 bits per heavy atom. The monoisotopic (exact) mass is 611 g/mol. The lowest BCUT2D eigenvalue weighted by molar-refractivity contribution is -0.193. The third-order valence-corrected chi connectivity index (χ3v) is 4.68. The minimum absolute atomic E-state index is 0.248. The van der Waals surface area contributed by atoms with Crippen LogP contribution in [-0.4, -0.2) is 66.6 Å². The number of alkyl halides is 6. The van der Waals surface area contributed by atoms with Gasteiger partial charge in [-0.15, -0.1) is 0 Å². The molecule has 1 aliphatic rings. The number of aliphatic carboxylic acids is 2. The Labute approximate surface area is 212 Å². The summed E-state index contributed by atoms with van der Waals surface area (Å²) >= 11 is 9.54. The molecule has 0 aliphatic carbocycles. The summed E-state index contributed by atoms with van der Waals surface area (Å²) < 4.78 is 69.3. The molecule has 1 aromatic carbocycles. The number of rotatable bonds is 3. The highest BCUT2D eigenvalue weighted by molar-refractivity contribution is 9.10. The topological polar surface area (TPSA) is 132 Å². The summed E-state index contributed by atoms with van der Waals surface area (Å²) in [6.07, 6.45) is -10.2. The third-order valence-electron chi connectivity index (χ3n) is 3.95. The van der Waals surface area contributed by atoms with E-state index in [4.69, 9.17) is 35.8 Å². The van der Waals surface area contributed by atoms with Gasteiger partial charge in [0.2, 0.25) is 0 Å². The summed E-state index contributed by atoms with van der Waals surface area (Å²) in [5, 5.41) is 21.1. The van der Waals surface area contributed by atoms with Crippen LogP contribution in [0.4, 0.5) is 37.7 Å². The third kappa shape index (κ3) is 10.3. The molecule has 3 rings (SSSR count). The van der Waals surface area contributed by atoms with Crippen LogP contribution in [0.25, 0.3) is 0 Å². The molecule has 0 unspecified atom stereocenters. The van der Waals surface area contributed by atoms with E-state index in [9.17, 15) is 31.1 Å². The molecule has 0 saturated carbocycles. The number of amides is 1. The van der Waals surface area contributed by atoms with Crippen LogP contribution in [0.3, 0.4) is 0 Å². The molecule has 1 fully saturated rings. The zero-order chi connectivity index (χ0) is 27.7. The van der Waals surface area contributed by atoms with Crippen molar-refractivity contribution in [2.24, 2.45) is 0 Å². The summed E-state index contributed by atoms with van der Waals surface area (Å²) in [5.74, 6) is -5.57. The molecule has 0 bridgehead atoms. The number of hydrogen-bond donors (Lipinski definition) is 4. The summed E-state index contributed by atoms with van der Waals surface area (Å²) in [5.41, 5.74) is 1.54. The molecule has 36 heavy (non-hydrogen) atoms. The number of carbonyl (C=O) groups is 3. The van der Waals surface area contributed by atoms with Crippen molar-refractivity contribution in [2.45, 2.75) is 12.4 Å². The number of piperazine rings is 1. The molecule has 2 heterocycles. The quantitative estimate of drug-likeness (QED) is 0.369. The number of anilines is 2. The van der Waals surface area contributed by atoms with E-state index in [1.165, 1.54) is 0 Å². The molecule has 1 saturated heterocycles. The fraction of sp³-hybridized carbons (Fsp3) is 0.316. The van der Waals surface area contributed by atoms with Gasteiger partial charge in [0.15, 0.2) is 10.4 Å². The van der Waals surface area contributed by atoms with Crippen LogP contribution < -0.4 is 15.5 Å². The average Bonchev–Trinajstić information content (AvgIpc) is 3.20. The van der Waals surface area contributed by atoms with Crippen molar-refractivity contribution in [3.8, 4) is 0 Å². The Kier molecular flexibility index (Phi) is 11.5. The maximum atomic E-state index is 12.3. The number of furan rings is 1. The van der Waals surface area contributed by atoms with Gasteiger partial charge in [0.25, 0.3) is 5.91 Å². The maximum absolute atomic E-state index is 12.3. The molecule has 4 N–H and O–H groups in total. The van der Waals surface area contributed by atoms with Crippen molar-refractivity contribution in [3.05, 3.63) is 45.8 Å². The Morgan fingerprint density at radius 1 is 0.972 bits per heavy atom. The van der Waals surface area contributed by atoms with Gasteiger partial charge in [-0.2, -0.15) is 26.3 Å². The zero-order valence-corrected chi connectivity index (χ0v) is 20.1. The van der Waals surface area contributed by atoms with Gasteiger partial charge in [0.05, 0.1) is 16.4 Å². The molecule has 200 valence electrons. The molecular weight excluding hydrogens is 596 g/mol. The summed E-state index contributed by atoms with van der Waals surface area (Å²) in [4.78, 5) is 32.2. The van der Waals surface area contributed by atoms with Gasteiger partial charge in [0, 0.05) is 26.2 Å². The lowest BCUT2D eigenvalue weighted by Gasteiger charge is -2.31. The highest BCUT2D eigenvalue weighted by atomic mass is 79.9. The summed E-state index contributed by atoms with van der Waals surface area (Å²) in [6.45, 7) is 3.48. The molecular formula is C19H17BrClF6N3O6. The van der Waals surface area contributed by atoms with E-state index >= 15 is 0 Å². The first-order valence-corrected chi connectivity index (χ1v) is 10.6. The normalized spacial score (nSPS) is 13.5. The van der Waals surface area contributed by atoms with Crippen LogP contribution in [0.15, 0.2) is 39.4 Å². The maximum Gasteiger partial charge on any atom is 0.490 e. The first-order chi connectivity index (χ1) is 16.5. The van der Waals surface area contributed by atoms with Gasteiger partial charge >= 0.3 is 24.3 Å². The van der Waals surface area contributed by atoms with Gasteiger partial charge in [-0.1, -0.05) is 17.7 Å². The number of carbonyl (C=O) groups excluding carboxylic acids is 1. The minimum atomic E-state index is -5.08. The smallest absolute Gasteiger partial charge is 0.475 e. The number of carboxylic acids is 2. The predicted octanol–water partition coefficient (Wildman–Crippen LogP) is 4.62. The fourth-order valence-electron chi connectivity index (χ4n) is 2.45.